The van der Waals surface area contributed by atoms with Crippen LogP contribution in [-0.4, -0.2) is 56.9 Å². The van der Waals surface area contributed by atoms with Gasteiger partial charge in [-0.15, -0.1) is 18.3 Å². The standard InChI is InChI=1S/C31H32F3N5O5/c1-3-41-30(40)23-15-38-26(35-23)10-11-27(36-38)39-19-12-17(2)24(39)14-20(13-19)42-16-22-28(37-44-29(22)18-8-9-18)21-6-4-5-7-25(21)43-31(32,33)34/h4-7,10-11,15,17-20,24H,3,8-9,12-14,16H2,1-2H3. The summed E-state index contributed by atoms with van der Waals surface area (Å²) in [5, 5.41) is 8.99. The van der Waals surface area contributed by atoms with Gasteiger partial charge in [0.1, 0.15) is 23.0 Å². The number of benzene rings is 1. The van der Waals surface area contributed by atoms with Crippen molar-refractivity contribution < 1.29 is 36.7 Å². The molecule has 2 bridgehead atoms. The molecule has 0 N–H and O–H groups in total. The predicted octanol–water partition coefficient (Wildman–Crippen LogP) is 6.30. The summed E-state index contributed by atoms with van der Waals surface area (Å²) in [5.74, 6) is 1.27. The highest BCUT2D eigenvalue weighted by atomic mass is 19.4. The number of anilines is 1. The molecule has 3 fully saturated rings. The first kappa shape index (κ1) is 28.6. The van der Waals surface area contributed by atoms with Crippen LogP contribution >= 0.6 is 0 Å². The lowest BCUT2D eigenvalue weighted by Crippen LogP contribution is -2.47. The number of imidazole rings is 1. The lowest BCUT2D eigenvalue weighted by Gasteiger charge is -2.40. The maximum Gasteiger partial charge on any atom is 0.573 e. The number of piperidine rings is 1. The minimum atomic E-state index is -4.83. The summed E-state index contributed by atoms with van der Waals surface area (Å²) >= 11 is 0. The van der Waals surface area contributed by atoms with Crippen LogP contribution in [-0.2, 0) is 16.1 Å². The third-order valence-corrected chi connectivity index (χ3v) is 8.74. The summed E-state index contributed by atoms with van der Waals surface area (Å²) < 4.78 is 62.7. The number of halogens is 3. The lowest BCUT2D eigenvalue weighted by molar-refractivity contribution is -0.274. The van der Waals surface area contributed by atoms with Crippen LogP contribution in [0.2, 0.25) is 0 Å². The highest BCUT2D eigenvalue weighted by molar-refractivity contribution is 5.87. The van der Waals surface area contributed by atoms with Crippen LogP contribution in [0.4, 0.5) is 19.0 Å². The first-order valence-electron chi connectivity index (χ1n) is 15.0. The van der Waals surface area contributed by atoms with Crippen molar-refractivity contribution in [2.75, 3.05) is 11.5 Å². The molecule has 1 saturated carbocycles. The van der Waals surface area contributed by atoms with Gasteiger partial charge in [-0.05, 0) is 69.2 Å². The van der Waals surface area contributed by atoms with E-state index in [4.69, 9.17) is 19.1 Å². The second kappa shape index (κ2) is 11.1. The van der Waals surface area contributed by atoms with E-state index >= 15 is 0 Å². The Morgan fingerprint density at radius 2 is 1.93 bits per heavy atom. The highest BCUT2D eigenvalue weighted by Crippen LogP contribution is 2.47. The number of carbonyl (C=O) groups excluding carboxylic acids is 1. The average Bonchev–Trinajstić information content (AvgIpc) is 3.53. The monoisotopic (exact) mass is 611 g/mol. The number of aromatic nitrogens is 4. The molecular weight excluding hydrogens is 579 g/mol. The number of fused-ring (bicyclic) bond motifs is 3. The maximum atomic E-state index is 13.2. The Morgan fingerprint density at radius 3 is 2.68 bits per heavy atom. The minimum absolute atomic E-state index is 0.0601. The Balaban J connectivity index is 1.10. The number of carbonyl (C=O) groups is 1. The number of hydrogen-bond acceptors (Lipinski definition) is 9. The molecule has 0 spiro atoms. The Bertz CT molecular complexity index is 1680. The summed E-state index contributed by atoms with van der Waals surface area (Å²) in [6.45, 7) is 4.43. The molecule has 0 amide bonds. The van der Waals surface area contributed by atoms with Crippen molar-refractivity contribution in [3.8, 4) is 17.0 Å². The molecule has 3 aromatic heterocycles. The van der Waals surface area contributed by atoms with Crippen LogP contribution in [0.1, 0.15) is 73.7 Å². The number of hydrogen-bond donors (Lipinski definition) is 0. The first-order valence-corrected chi connectivity index (χ1v) is 15.0. The van der Waals surface area contributed by atoms with Crippen molar-refractivity contribution >= 4 is 17.4 Å². The smallest absolute Gasteiger partial charge is 0.461 e. The number of rotatable bonds is 9. The number of alkyl halides is 3. The van der Waals surface area contributed by atoms with Gasteiger partial charge in [0, 0.05) is 29.1 Å². The second-order valence-electron chi connectivity index (χ2n) is 11.8. The van der Waals surface area contributed by atoms with E-state index < -0.39 is 12.3 Å². The van der Waals surface area contributed by atoms with Crippen LogP contribution in [0, 0.1) is 5.92 Å². The fourth-order valence-corrected chi connectivity index (χ4v) is 6.69. The van der Waals surface area contributed by atoms with Crippen molar-refractivity contribution in [2.24, 2.45) is 5.92 Å². The topological polar surface area (TPSA) is 104 Å². The van der Waals surface area contributed by atoms with E-state index in [-0.39, 0.29) is 54.3 Å². The van der Waals surface area contributed by atoms with Gasteiger partial charge in [-0.2, -0.15) is 0 Å². The summed E-state index contributed by atoms with van der Waals surface area (Å²) in [6.07, 6.45) is 1.10. The Hall–Kier alpha value is -4.13. The fourth-order valence-electron chi connectivity index (χ4n) is 6.69. The molecule has 10 nitrogen and oxygen atoms in total. The molecule has 5 heterocycles. The second-order valence-corrected chi connectivity index (χ2v) is 11.8. The molecule has 1 aromatic carbocycles. The van der Waals surface area contributed by atoms with Gasteiger partial charge in [-0.1, -0.05) is 24.2 Å². The number of para-hydroxylation sites is 1. The van der Waals surface area contributed by atoms with Crippen LogP contribution in [0.3, 0.4) is 0 Å². The van der Waals surface area contributed by atoms with Gasteiger partial charge in [-0.25, -0.2) is 14.3 Å². The molecule has 4 atom stereocenters. The van der Waals surface area contributed by atoms with E-state index in [2.05, 4.69) is 26.7 Å². The van der Waals surface area contributed by atoms with Gasteiger partial charge in [0.2, 0.25) is 0 Å². The summed E-state index contributed by atoms with van der Waals surface area (Å²) in [6, 6.07) is 10.1. The van der Waals surface area contributed by atoms with Gasteiger partial charge in [0.15, 0.2) is 11.3 Å². The molecule has 1 aliphatic carbocycles. The van der Waals surface area contributed by atoms with E-state index in [0.717, 1.165) is 37.9 Å². The summed E-state index contributed by atoms with van der Waals surface area (Å²) in [7, 11) is 0. The zero-order valence-electron chi connectivity index (χ0n) is 24.3. The quantitative estimate of drug-likeness (QED) is 0.202. The van der Waals surface area contributed by atoms with Gasteiger partial charge < -0.3 is 23.6 Å². The number of ether oxygens (including phenoxy) is 3. The molecule has 44 heavy (non-hydrogen) atoms. The van der Waals surface area contributed by atoms with Crippen molar-refractivity contribution in [2.45, 2.75) is 83.0 Å². The van der Waals surface area contributed by atoms with Crippen molar-refractivity contribution in [1.82, 2.24) is 19.8 Å². The molecule has 4 aromatic rings. The van der Waals surface area contributed by atoms with Gasteiger partial charge >= 0.3 is 12.3 Å². The average molecular weight is 612 g/mol. The molecular formula is C31H32F3N5O5. The SMILES string of the molecule is CCOC(=O)c1cn2nc(N3C4CC(OCc5c(-c6ccccc6OC(F)(F)F)noc5C5CC5)CC3C(C)C4)ccc2n1. The van der Waals surface area contributed by atoms with Crippen LogP contribution in [0.25, 0.3) is 16.9 Å². The van der Waals surface area contributed by atoms with Crippen molar-refractivity contribution in [3.05, 3.63) is 59.6 Å². The molecule has 2 saturated heterocycles. The summed E-state index contributed by atoms with van der Waals surface area (Å²) in [5.41, 5.74) is 1.99. The molecule has 0 radical (unpaired) electrons. The molecule has 4 unspecified atom stereocenters. The zero-order chi connectivity index (χ0) is 30.6. The summed E-state index contributed by atoms with van der Waals surface area (Å²) in [4.78, 5) is 18.8. The third kappa shape index (κ3) is 5.49. The van der Waals surface area contributed by atoms with Crippen LogP contribution < -0.4 is 9.64 Å². The predicted molar refractivity (Wildman–Crippen MR) is 151 cm³/mol. The molecule has 7 rings (SSSR count). The van der Waals surface area contributed by atoms with Crippen molar-refractivity contribution in [3.63, 3.8) is 0 Å². The normalized spacial score (nSPS) is 23.3. The van der Waals surface area contributed by atoms with Crippen molar-refractivity contribution in [1.29, 1.82) is 0 Å². The number of nitrogens with zero attached hydrogens (tertiary/aromatic N) is 5. The molecule has 3 aliphatic rings. The third-order valence-electron chi connectivity index (χ3n) is 8.74. The molecule has 13 heteroatoms. The van der Waals surface area contributed by atoms with Gasteiger partial charge in [0.05, 0.1) is 25.5 Å². The minimum Gasteiger partial charge on any atom is -0.461 e. The van der Waals surface area contributed by atoms with E-state index in [1.165, 1.54) is 12.1 Å². The molecule has 2 aliphatic heterocycles. The van der Waals surface area contributed by atoms with E-state index in [1.54, 1.807) is 29.8 Å². The zero-order valence-corrected chi connectivity index (χ0v) is 24.3. The fraction of sp³-hybridized carbons (Fsp3) is 0.484. The molecule has 232 valence electrons. The Kier molecular flexibility index (Phi) is 7.22. The van der Waals surface area contributed by atoms with E-state index in [0.29, 0.717) is 28.6 Å². The Labute approximate surface area is 251 Å². The number of esters is 1. The van der Waals surface area contributed by atoms with E-state index in [9.17, 15) is 18.0 Å². The van der Waals surface area contributed by atoms with Gasteiger partial charge in [0.25, 0.3) is 0 Å². The van der Waals surface area contributed by atoms with Gasteiger partial charge in [-0.3, -0.25) is 0 Å². The van der Waals surface area contributed by atoms with Crippen LogP contribution in [0.5, 0.6) is 5.75 Å². The van der Waals surface area contributed by atoms with Crippen LogP contribution in [0.15, 0.2) is 47.1 Å². The maximum absolute atomic E-state index is 13.2. The Morgan fingerprint density at radius 1 is 1.11 bits per heavy atom. The lowest BCUT2D eigenvalue weighted by atomic mass is 9.97. The van der Waals surface area contributed by atoms with E-state index in [1.807, 2.05) is 12.1 Å². The first-order chi connectivity index (χ1) is 21.2. The highest BCUT2D eigenvalue weighted by Gasteiger charge is 2.46. The largest absolute Gasteiger partial charge is 0.573 e.